The van der Waals surface area contributed by atoms with Crippen molar-refractivity contribution in [2.75, 3.05) is 0 Å². The lowest BCUT2D eigenvalue weighted by molar-refractivity contribution is -0.159. The highest BCUT2D eigenvalue weighted by Gasteiger charge is 2.37. The summed E-state index contributed by atoms with van der Waals surface area (Å²) in [5.74, 6) is -11.4. The first kappa shape index (κ1) is 19.6. The normalized spacial score (nSPS) is 12.2. The molecule has 4 nitrogen and oxygen atoms in total. The molecule has 0 saturated heterocycles. The summed E-state index contributed by atoms with van der Waals surface area (Å²) in [6.45, 7) is 0.804. The van der Waals surface area contributed by atoms with E-state index in [1.807, 2.05) is 0 Å². The van der Waals surface area contributed by atoms with Crippen LogP contribution in [0.5, 0.6) is 11.5 Å². The van der Waals surface area contributed by atoms with E-state index in [0.717, 1.165) is 0 Å². The highest BCUT2D eigenvalue weighted by Crippen LogP contribution is 2.43. The summed E-state index contributed by atoms with van der Waals surface area (Å²) < 4.78 is 63.3. The summed E-state index contributed by atoms with van der Waals surface area (Å²) in [5.41, 5.74) is 0. The fourth-order valence-electron chi connectivity index (χ4n) is 2.63. The quantitative estimate of drug-likeness (QED) is 0.267. The van der Waals surface area contributed by atoms with Gasteiger partial charge in [0.05, 0.1) is 0 Å². The average Bonchev–Trinajstić information content (AvgIpc) is 2.62. The van der Waals surface area contributed by atoms with Gasteiger partial charge >= 0.3 is 23.8 Å². The van der Waals surface area contributed by atoms with Gasteiger partial charge in [-0.1, -0.05) is 48.5 Å². The van der Waals surface area contributed by atoms with Crippen LogP contribution in [-0.2, 0) is 9.59 Å². The fraction of sp³-hybridized carbons (Fsp3) is 0.200. The molecule has 146 valence electrons. The van der Waals surface area contributed by atoms with Crippen LogP contribution >= 0.6 is 0 Å². The second kappa shape index (κ2) is 6.78. The lowest BCUT2D eigenvalue weighted by atomic mass is 10.0. The minimum atomic E-state index is -3.74. The summed E-state index contributed by atoms with van der Waals surface area (Å²) in [4.78, 5) is 23.5. The third-order valence-corrected chi connectivity index (χ3v) is 3.94. The Labute approximate surface area is 156 Å². The third kappa shape index (κ3) is 3.62. The maximum atomic E-state index is 13.4. The zero-order valence-electron chi connectivity index (χ0n) is 14.8. The molecule has 0 atom stereocenters. The Morgan fingerprint density at radius 2 is 0.893 bits per heavy atom. The van der Waals surface area contributed by atoms with E-state index in [1.165, 1.54) is 24.3 Å². The van der Waals surface area contributed by atoms with Crippen molar-refractivity contribution >= 4 is 33.5 Å². The molecular formula is C20H14F4O4. The zero-order valence-corrected chi connectivity index (χ0v) is 14.8. The maximum Gasteiger partial charge on any atom is 0.382 e. The van der Waals surface area contributed by atoms with E-state index < -0.39 is 23.8 Å². The molecular weight excluding hydrogens is 380 g/mol. The van der Waals surface area contributed by atoms with Gasteiger partial charge in [-0.25, -0.2) is 9.59 Å². The number of carbonyl (C=O) groups is 2. The van der Waals surface area contributed by atoms with Crippen LogP contribution < -0.4 is 9.47 Å². The molecule has 0 bridgehead atoms. The van der Waals surface area contributed by atoms with E-state index >= 15 is 0 Å². The lowest BCUT2D eigenvalue weighted by Gasteiger charge is -2.18. The van der Waals surface area contributed by atoms with E-state index in [0.29, 0.717) is 13.8 Å². The highest BCUT2D eigenvalue weighted by molar-refractivity contribution is 6.13. The molecule has 0 aliphatic rings. The molecule has 0 saturated carbocycles. The Morgan fingerprint density at radius 3 is 1.11 bits per heavy atom. The van der Waals surface area contributed by atoms with Gasteiger partial charge in [0.25, 0.3) is 0 Å². The second-order valence-electron chi connectivity index (χ2n) is 6.31. The Hall–Kier alpha value is -3.16. The fourth-order valence-corrected chi connectivity index (χ4v) is 2.63. The molecule has 0 aliphatic carbocycles. The first-order valence-electron chi connectivity index (χ1n) is 8.14. The predicted molar refractivity (Wildman–Crippen MR) is 94.0 cm³/mol. The summed E-state index contributed by atoms with van der Waals surface area (Å²) in [6.07, 6.45) is 0. The molecule has 3 aromatic rings. The monoisotopic (exact) mass is 394 g/mol. The van der Waals surface area contributed by atoms with Gasteiger partial charge in [-0.3, -0.25) is 0 Å². The van der Waals surface area contributed by atoms with Gasteiger partial charge < -0.3 is 9.47 Å². The molecule has 0 aromatic heterocycles. The molecule has 0 spiro atoms. The Morgan fingerprint density at radius 1 is 0.643 bits per heavy atom. The lowest BCUT2D eigenvalue weighted by Crippen LogP contribution is -2.30. The minimum Gasteiger partial charge on any atom is -0.421 e. The number of hydrogen-bond acceptors (Lipinski definition) is 4. The topological polar surface area (TPSA) is 52.6 Å². The Bertz CT molecular complexity index is 938. The summed E-state index contributed by atoms with van der Waals surface area (Å²) in [6, 6.07) is 11.9. The van der Waals surface area contributed by atoms with Crippen molar-refractivity contribution in [2.24, 2.45) is 0 Å². The molecule has 3 aromatic carbocycles. The average molecular weight is 394 g/mol. The summed E-state index contributed by atoms with van der Waals surface area (Å²) >= 11 is 0. The van der Waals surface area contributed by atoms with Crippen molar-refractivity contribution < 1.29 is 36.6 Å². The number of carbonyl (C=O) groups excluding carboxylic acids is 2. The van der Waals surface area contributed by atoms with E-state index in [1.54, 1.807) is 24.3 Å². The third-order valence-electron chi connectivity index (χ3n) is 3.94. The van der Waals surface area contributed by atoms with E-state index in [9.17, 15) is 27.2 Å². The SMILES string of the molecule is CC(F)(F)C(=O)Oc1c2ccccc2c(OC(=O)C(C)(F)F)c2ccccc12. The van der Waals surface area contributed by atoms with Crippen LogP contribution in [0.4, 0.5) is 17.6 Å². The van der Waals surface area contributed by atoms with Gasteiger partial charge in [0, 0.05) is 35.4 Å². The van der Waals surface area contributed by atoms with Crippen LogP contribution in [0.2, 0.25) is 0 Å². The van der Waals surface area contributed by atoms with Crippen LogP contribution in [0.25, 0.3) is 21.5 Å². The Balaban J connectivity index is 2.30. The van der Waals surface area contributed by atoms with Gasteiger partial charge in [0.1, 0.15) is 11.5 Å². The van der Waals surface area contributed by atoms with Crippen LogP contribution in [0.1, 0.15) is 13.8 Å². The smallest absolute Gasteiger partial charge is 0.382 e. The number of hydrogen-bond donors (Lipinski definition) is 0. The van der Waals surface area contributed by atoms with E-state index in [4.69, 9.17) is 9.47 Å². The number of esters is 2. The van der Waals surface area contributed by atoms with Crippen molar-refractivity contribution in [3.63, 3.8) is 0 Å². The van der Waals surface area contributed by atoms with Crippen molar-refractivity contribution in [2.45, 2.75) is 25.7 Å². The van der Waals surface area contributed by atoms with Crippen molar-refractivity contribution in [3.8, 4) is 11.5 Å². The van der Waals surface area contributed by atoms with Gasteiger partial charge in [-0.05, 0) is 0 Å². The Kier molecular flexibility index (Phi) is 4.74. The van der Waals surface area contributed by atoms with Gasteiger partial charge in [0.2, 0.25) is 0 Å². The maximum absolute atomic E-state index is 13.4. The molecule has 28 heavy (non-hydrogen) atoms. The zero-order chi connectivity index (χ0) is 20.7. The van der Waals surface area contributed by atoms with Gasteiger partial charge in [-0.2, -0.15) is 17.6 Å². The second-order valence-corrected chi connectivity index (χ2v) is 6.31. The van der Waals surface area contributed by atoms with Crippen LogP contribution in [0.15, 0.2) is 48.5 Å². The molecule has 0 N–H and O–H groups in total. The summed E-state index contributed by atoms with van der Waals surface area (Å²) in [5, 5.41) is 0.615. The minimum absolute atomic E-state index is 0.154. The molecule has 0 heterocycles. The number of rotatable bonds is 4. The molecule has 0 amide bonds. The number of benzene rings is 3. The number of alkyl halides is 4. The van der Waals surface area contributed by atoms with Gasteiger partial charge in [0.15, 0.2) is 0 Å². The van der Waals surface area contributed by atoms with Crippen molar-refractivity contribution in [1.82, 2.24) is 0 Å². The van der Waals surface area contributed by atoms with Gasteiger partial charge in [-0.15, -0.1) is 0 Å². The van der Waals surface area contributed by atoms with Crippen LogP contribution in [0.3, 0.4) is 0 Å². The van der Waals surface area contributed by atoms with Crippen molar-refractivity contribution in [3.05, 3.63) is 48.5 Å². The van der Waals surface area contributed by atoms with E-state index in [2.05, 4.69) is 0 Å². The molecule has 0 fully saturated rings. The first-order chi connectivity index (χ1) is 13.0. The van der Waals surface area contributed by atoms with E-state index in [-0.39, 0.29) is 33.0 Å². The molecule has 3 rings (SSSR count). The van der Waals surface area contributed by atoms with Crippen LogP contribution in [0, 0.1) is 0 Å². The summed E-state index contributed by atoms with van der Waals surface area (Å²) in [7, 11) is 0. The first-order valence-corrected chi connectivity index (χ1v) is 8.14. The molecule has 0 radical (unpaired) electrons. The number of halogens is 4. The standard InChI is InChI=1S/C20H14F4O4/c1-19(21,22)17(25)27-15-11-7-3-5-9-13(11)16(28-18(26)20(2,23)24)14-10-6-4-8-12(14)15/h3-10H,1-2H3. The number of ether oxygens (including phenoxy) is 2. The molecule has 0 unspecified atom stereocenters. The highest BCUT2D eigenvalue weighted by atomic mass is 19.3. The van der Waals surface area contributed by atoms with Crippen molar-refractivity contribution in [1.29, 1.82) is 0 Å². The molecule has 8 heteroatoms. The number of fused-ring (bicyclic) bond motifs is 2. The predicted octanol–water partition coefficient (Wildman–Crippen LogP) is 5.11. The largest absolute Gasteiger partial charge is 0.421 e. The molecule has 0 aliphatic heterocycles. The van der Waals surface area contributed by atoms with Crippen LogP contribution in [-0.4, -0.2) is 23.8 Å².